The number of carboxylic acid groups (broad SMARTS) is 1. The number of carboxylic acids is 1. The van der Waals surface area contributed by atoms with E-state index in [1.807, 2.05) is 19.1 Å². The van der Waals surface area contributed by atoms with Crippen LogP contribution in [0.1, 0.15) is 30.4 Å². The molecule has 2 nitrogen and oxygen atoms in total. The summed E-state index contributed by atoms with van der Waals surface area (Å²) in [6, 6.07) is 5.42. The second-order valence-corrected chi connectivity index (χ2v) is 4.25. The third-order valence-corrected chi connectivity index (χ3v) is 3.29. The lowest BCUT2D eigenvalue weighted by Crippen LogP contribution is -2.10. The van der Waals surface area contributed by atoms with Crippen LogP contribution in [0.3, 0.4) is 0 Å². The molecule has 1 aromatic carbocycles. The zero-order valence-electron chi connectivity index (χ0n) is 8.34. The van der Waals surface area contributed by atoms with Gasteiger partial charge in [0.25, 0.3) is 0 Å². The molecule has 0 saturated carbocycles. The Labute approximate surface area is 102 Å². The predicted molar refractivity (Wildman–Crippen MR) is 64.8 cm³/mol. The van der Waals surface area contributed by atoms with E-state index < -0.39 is 11.9 Å². The fourth-order valence-corrected chi connectivity index (χ4v) is 2.35. The summed E-state index contributed by atoms with van der Waals surface area (Å²) in [6.45, 7) is 1.85. The van der Waals surface area contributed by atoms with Crippen LogP contribution in [-0.2, 0) is 10.1 Å². The Morgan fingerprint density at radius 3 is 2.67 bits per heavy atom. The average Bonchev–Trinajstić information content (AvgIpc) is 2.18. The molecule has 1 rings (SSSR count). The van der Waals surface area contributed by atoms with Crippen LogP contribution in [0.5, 0.6) is 0 Å². The first-order valence-corrected chi connectivity index (χ1v) is 6.17. The molecule has 0 aliphatic rings. The topological polar surface area (TPSA) is 37.3 Å². The Morgan fingerprint density at radius 1 is 1.60 bits per heavy atom. The smallest absolute Gasteiger partial charge is 0.310 e. The summed E-state index contributed by atoms with van der Waals surface area (Å²) in [5.41, 5.74) is 1.74. The van der Waals surface area contributed by atoms with Crippen molar-refractivity contribution in [3.63, 3.8) is 0 Å². The van der Waals surface area contributed by atoms with E-state index in [9.17, 15) is 4.79 Å². The molecule has 1 unspecified atom stereocenters. The molecule has 0 aliphatic carbocycles. The van der Waals surface area contributed by atoms with E-state index in [0.29, 0.717) is 16.8 Å². The first kappa shape index (κ1) is 12.5. The molecule has 1 atom stereocenters. The first-order chi connectivity index (χ1) is 7.10. The van der Waals surface area contributed by atoms with Gasteiger partial charge in [0, 0.05) is 10.4 Å². The molecular weight excluding hydrogens is 279 g/mol. The minimum atomic E-state index is -0.805. The van der Waals surface area contributed by atoms with Crippen molar-refractivity contribution >= 4 is 33.5 Å². The summed E-state index contributed by atoms with van der Waals surface area (Å²) >= 11 is 9.33. The fourth-order valence-electron chi connectivity index (χ4n) is 1.44. The van der Waals surface area contributed by atoms with Crippen molar-refractivity contribution in [1.82, 2.24) is 0 Å². The number of alkyl halides is 1. The molecule has 82 valence electrons. The summed E-state index contributed by atoms with van der Waals surface area (Å²) < 4.78 is 0. The van der Waals surface area contributed by atoms with E-state index in [1.54, 1.807) is 6.07 Å². The van der Waals surface area contributed by atoms with Gasteiger partial charge in [0.1, 0.15) is 0 Å². The number of hydrogen-bond donors (Lipinski definition) is 1. The standard InChI is InChI=1S/C11H12BrClO2/c1-2-9(11(14)15)7-3-4-8(6-12)10(13)5-7/h3-5,9H,2,6H2,1H3,(H,14,15). The fraction of sp³-hybridized carbons (Fsp3) is 0.364. The minimum absolute atomic E-state index is 0.466. The Kier molecular flexibility index (Phi) is 4.61. The van der Waals surface area contributed by atoms with Gasteiger partial charge in [-0.1, -0.05) is 46.6 Å². The van der Waals surface area contributed by atoms with Crippen LogP contribution in [0.4, 0.5) is 0 Å². The highest BCUT2D eigenvalue weighted by Gasteiger charge is 2.18. The summed E-state index contributed by atoms with van der Waals surface area (Å²) in [5.74, 6) is -1.27. The van der Waals surface area contributed by atoms with Crippen LogP contribution >= 0.6 is 27.5 Å². The molecule has 0 aliphatic heterocycles. The van der Waals surface area contributed by atoms with Gasteiger partial charge in [0.05, 0.1) is 5.92 Å². The molecule has 0 fully saturated rings. The van der Waals surface area contributed by atoms with Crippen LogP contribution in [0.25, 0.3) is 0 Å². The third-order valence-electron chi connectivity index (χ3n) is 2.33. The Balaban J connectivity index is 3.05. The first-order valence-electron chi connectivity index (χ1n) is 4.67. The monoisotopic (exact) mass is 290 g/mol. The van der Waals surface area contributed by atoms with E-state index in [-0.39, 0.29) is 0 Å². The van der Waals surface area contributed by atoms with Crippen molar-refractivity contribution in [3.8, 4) is 0 Å². The van der Waals surface area contributed by atoms with Crippen molar-refractivity contribution in [2.24, 2.45) is 0 Å². The SMILES string of the molecule is CCC(C(=O)O)c1ccc(CBr)c(Cl)c1. The summed E-state index contributed by atoms with van der Waals surface area (Å²) in [4.78, 5) is 10.9. The van der Waals surface area contributed by atoms with Crippen LogP contribution in [0.15, 0.2) is 18.2 Å². The summed E-state index contributed by atoms with van der Waals surface area (Å²) in [7, 11) is 0. The largest absolute Gasteiger partial charge is 0.481 e. The van der Waals surface area contributed by atoms with Gasteiger partial charge in [-0.15, -0.1) is 0 Å². The molecule has 0 aromatic heterocycles. The molecular formula is C11H12BrClO2. The van der Waals surface area contributed by atoms with Crippen LogP contribution < -0.4 is 0 Å². The Hall–Kier alpha value is -0.540. The zero-order valence-corrected chi connectivity index (χ0v) is 10.7. The Bertz CT molecular complexity index is 366. The number of halogens is 2. The Morgan fingerprint density at radius 2 is 2.27 bits per heavy atom. The van der Waals surface area contributed by atoms with Crippen LogP contribution in [0, 0.1) is 0 Å². The van der Waals surface area contributed by atoms with Gasteiger partial charge in [0.15, 0.2) is 0 Å². The van der Waals surface area contributed by atoms with Gasteiger partial charge in [-0.25, -0.2) is 0 Å². The molecule has 0 radical (unpaired) electrons. The molecule has 15 heavy (non-hydrogen) atoms. The van der Waals surface area contributed by atoms with E-state index in [2.05, 4.69) is 15.9 Å². The van der Waals surface area contributed by atoms with Crippen molar-refractivity contribution in [3.05, 3.63) is 34.3 Å². The van der Waals surface area contributed by atoms with Crippen molar-refractivity contribution in [2.45, 2.75) is 24.6 Å². The normalized spacial score (nSPS) is 12.5. The van der Waals surface area contributed by atoms with Crippen LogP contribution in [0.2, 0.25) is 5.02 Å². The summed E-state index contributed by atoms with van der Waals surface area (Å²) in [5, 5.41) is 10.3. The molecule has 0 spiro atoms. The maximum atomic E-state index is 10.9. The van der Waals surface area contributed by atoms with Gasteiger partial charge in [-0.05, 0) is 23.6 Å². The molecule has 1 N–H and O–H groups in total. The molecule has 1 aromatic rings. The zero-order chi connectivity index (χ0) is 11.4. The molecule has 4 heteroatoms. The number of hydrogen-bond acceptors (Lipinski definition) is 1. The second-order valence-electron chi connectivity index (χ2n) is 3.28. The maximum Gasteiger partial charge on any atom is 0.310 e. The maximum absolute atomic E-state index is 10.9. The highest BCUT2D eigenvalue weighted by molar-refractivity contribution is 9.08. The van der Waals surface area contributed by atoms with E-state index >= 15 is 0 Å². The highest BCUT2D eigenvalue weighted by atomic mass is 79.9. The van der Waals surface area contributed by atoms with Gasteiger partial charge < -0.3 is 5.11 Å². The highest BCUT2D eigenvalue weighted by Crippen LogP contribution is 2.26. The molecule has 0 bridgehead atoms. The number of carbonyl (C=O) groups is 1. The van der Waals surface area contributed by atoms with Crippen molar-refractivity contribution in [1.29, 1.82) is 0 Å². The quantitative estimate of drug-likeness (QED) is 0.856. The lowest BCUT2D eigenvalue weighted by atomic mass is 9.96. The number of rotatable bonds is 4. The average molecular weight is 292 g/mol. The predicted octanol–water partition coefficient (Wildman–Crippen LogP) is 3.81. The third kappa shape index (κ3) is 2.95. The van der Waals surface area contributed by atoms with Crippen LogP contribution in [-0.4, -0.2) is 11.1 Å². The molecule has 0 saturated heterocycles. The molecule has 0 heterocycles. The van der Waals surface area contributed by atoms with Crippen molar-refractivity contribution in [2.75, 3.05) is 0 Å². The van der Waals surface area contributed by atoms with E-state index in [0.717, 1.165) is 11.1 Å². The van der Waals surface area contributed by atoms with Crippen molar-refractivity contribution < 1.29 is 9.90 Å². The summed E-state index contributed by atoms with van der Waals surface area (Å²) in [6.07, 6.45) is 0.569. The van der Waals surface area contributed by atoms with Gasteiger partial charge in [-0.3, -0.25) is 4.79 Å². The minimum Gasteiger partial charge on any atom is -0.481 e. The lowest BCUT2D eigenvalue weighted by molar-refractivity contribution is -0.138. The molecule has 0 amide bonds. The van der Waals surface area contributed by atoms with E-state index in [4.69, 9.17) is 16.7 Å². The lowest BCUT2D eigenvalue weighted by Gasteiger charge is -2.11. The van der Waals surface area contributed by atoms with Gasteiger partial charge in [-0.2, -0.15) is 0 Å². The van der Waals surface area contributed by atoms with Gasteiger partial charge >= 0.3 is 5.97 Å². The number of aliphatic carboxylic acids is 1. The van der Waals surface area contributed by atoms with E-state index in [1.165, 1.54) is 0 Å². The number of benzene rings is 1. The second kappa shape index (κ2) is 5.52. The van der Waals surface area contributed by atoms with Gasteiger partial charge in [0.2, 0.25) is 0 Å².